The molecule has 1 amide bonds. The average molecular weight is 756 g/mol. The monoisotopic (exact) mass is 756 g/mol. The van der Waals surface area contributed by atoms with Gasteiger partial charge in [0.1, 0.15) is 13.2 Å². The fraction of sp³-hybridized carbons (Fsp3) is 0.837. The second-order valence-electron chi connectivity index (χ2n) is 15.7. The fourth-order valence-electron chi connectivity index (χ4n) is 5.89. The highest BCUT2D eigenvalue weighted by Gasteiger charge is 2.27. The van der Waals surface area contributed by atoms with E-state index >= 15 is 0 Å². The Hall–Kier alpha value is -1.28. The number of nitrogens with one attached hydrogen (secondary N) is 1. The van der Waals surface area contributed by atoms with Crippen molar-refractivity contribution in [2.45, 2.75) is 193 Å². The third-order valence-corrected chi connectivity index (χ3v) is 10.3. The van der Waals surface area contributed by atoms with Crippen molar-refractivity contribution >= 4 is 13.7 Å². The number of aliphatic hydroxyl groups is 1. The van der Waals surface area contributed by atoms with Crippen LogP contribution < -0.4 is 5.32 Å². The number of unbranched alkanes of at least 4 members (excludes halogenated alkanes) is 21. The number of carbonyl (C=O) groups is 1. The number of carbonyl (C=O) groups excluding carboxylic acids is 1. The number of amides is 1. The molecule has 0 aromatic carbocycles. The lowest BCUT2D eigenvalue weighted by molar-refractivity contribution is -0.870. The first kappa shape index (κ1) is 50.7. The molecular weight excluding hydrogens is 671 g/mol. The van der Waals surface area contributed by atoms with Crippen LogP contribution in [0.15, 0.2) is 36.5 Å². The molecule has 3 atom stereocenters. The van der Waals surface area contributed by atoms with E-state index < -0.39 is 20.0 Å². The van der Waals surface area contributed by atoms with Crippen LogP contribution >= 0.6 is 7.82 Å². The quantitative estimate of drug-likeness (QED) is 0.0251. The molecule has 0 aliphatic rings. The summed E-state index contributed by atoms with van der Waals surface area (Å²) in [6.45, 7) is 4.76. The Morgan fingerprint density at radius 1 is 0.654 bits per heavy atom. The van der Waals surface area contributed by atoms with Gasteiger partial charge in [0.2, 0.25) is 5.91 Å². The van der Waals surface area contributed by atoms with Crippen molar-refractivity contribution in [1.82, 2.24) is 5.32 Å². The maximum absolute atomic E-state index is 12.8. The van der Waals surface area contributed by atoms with Crippen molar-refractivity contribution in [2.75, 3.05) is 40.9 Å². The second kappa shape index (κ2) is 35.4. The van der Waals surface area contributed by atoms with Crippen molar-refractivity contribution < 1.29 is 32.9 Å². The molecule has 8 nitrogen and oxygen atoms in total. The number of rotatable bonds is 38. The predicted octanol–water partition coefficient (Wildman–Crippen LogP) is 11.5. The number of likely N-dealkylation sites (N-methyl/N-ethyl adjacent to an activating group) is 1. The van der Waals surface area contributed by atoms with E-state index in [4.69, 9.17) is 9.05 Å². The number of hydrogen-bond acceptors (Lipinski definition) is 5. The molecule has 0 saturated carbocycles. The van der Waals surface area contributed by atoms with Gasteiger partial charge in [-0.1, -0.05) is 159 Å². The SMILES string of the molecule is CCCCC/C=C\C/C=C\CCCCCCCCCCCC(=O)NC(COP(=O)(O)OCC[N+](C)(C)C)C(O)/C=C/CCCCCCCCCCC. The third-order valence-electron chi connectivity index (χ3n) is 9.35. The van der Waals surface area contributed by atoms with Crippen LogP contribution in [0.2, 0.25) is 0 Å². The third kappa shape index (κ3) is 37.1. The zero-order chi connectivity index (χ0) is 38.6. The van der Waals surface area contributed by atoms with E-state index in [1.807, 2.05) is 27.2 Å². The Morgan fingerprint density at radius 3 is 1.62 bits per heavy atom. The van der Waals surface area contributed by atoms with Gasteiger partial charge in [-0.25, -0.2) is 4.57 Å². The zero-order valence-corrected chi connectivity index (χ0v) is 35.4. The predicted molar refractivity (Wildman–Crippen MR) is 221 cm³/mol. The van der Waals surface area contributed by atoms with Crippen LogP contribution in [0.1, 0.15) is 181 Å². The lowest BCUT2D eigenvalue weighted by atomic mass is 10.0. The molecular formula is C43H84N2O6P+. The van der Waals surface area contributed by atoms with Crippen LogP contribution in [0.5, 0.6) is 0 Å². The highest BCUT2D eigenvalue weighted by atomic mass is 31.2. The molecule has 0 spiro atoms. The summed E-state index contributed by atoms with van der Waals surface area (Å²) in [6.07, 6.45) is 42.0. The minimum atomic E-state index is -4.33. The van der Waals surface area contributed by atoms with Crippen molar-refractivity contribution in [3.8, 4) is 0 Å². The number of quaternary nitrogens is 1. The first-order valence-corrected chi connectivity index (χ1v) is 22.9. The van der Waals surface area contributed by atoms with E-state index in [9.17, 15) is 19.4 Å². The van der Waals surface area contributed by atoms with E-state index in [0.717, 1.165) is 44.9 Å². The maximum Gasteiger partial charge on any atom is 0.472 e. The van der Waals surface area contributed by atoms with Gasteiger partial charge in [0.25, 0.3) is 0 Å². The van der Waals surface area contributed by atoms with Crippen molar-refractivity contribution in [1.29, 1.82) is 0 Å². The van der Waals surface area contributed by atoms with Gasteiger partial charge in [-0.15, -0.1) is 0 Å². The molecule has 9 heteroatoms. The molecule has 52 heavy (non-hydrogen) atoms. The Kier molecular flexibility index (Phi) is 34.6. The Labute approximate surface area is 321 Å². The van der Waals surface area contributed by atoms with Crippen molar-refractivity contribution in [3.05, 3.63) is 36.5 Å². The Balaban J connectivity index is 4.39. The molecule has 0 rings (SSSR count). The number of allylic oxidation sites excluding steroid dienone is 5. The van der Waals surface area contributed by atoms with Crippen LogP contribution in [-0.2, 0) is 18.4 Å². The highest BCUT2D eigenvalue weighted by Crippen LogP contribution is 2.43. The molecule has 0 saturated heterocycles. The minimum absolute atomic E-state index is 0.0602. The summed E-state index contributed by atoms with van der Waals surface area (Å²) in [5, 5.41) is 13.8. The lowest BCUT2D eigenvalue weighted by Gasteiger charge is -2.25. The molecule has 0 aromatic heterocycles. The maximum atomic E-state index is 12.8. The summed E-state index contributed by atoms with van der Waals surface area (Å²) in [7, 11) is 1.56. The smallest absolute Gasteiger partial charge is 0.387 e. The molecule has 0 fully saturated rings. The van der Waals surface area contributed by atoms with Crippen LogP contribution in [-0.4, -0.2) is 73.4 Å². The van der Waals surface area contributed by atoms with Gasteiger partial charge in [-0.05, 0) is 51.4 Å². The topological polar surface area (TPSA) is 105 Å². The van der Waals surface area contributed by atoms with Gasteiger partial charge < -0.3 is 19.8 Å². The number of phosphoric acid groups is 1. The van der Waals surface area contributed by atoms with E-state index in [2.05, 4.69) is 43.5 Å². The van der Waals surface area contributed by atoms with Gasteiger partial charge in [0.05, 0.1) is 39.9 Å². The fourth-order valence-corrected chi connectivity index (χ4v) is 6.63. The largest absolute Gasteiger partial charge is 0.472 e. The Morgan fingerprint density at radius 2 is 1.10 bits per heavy atom. The molecule has 0 aromatic rings. The summed E-state index contributed by atoms with van der Waals surface area (Å²) in [6, 6.07) is -0.845. The second-order valence-corrected chi connectivity index (χ2v) is 17.2. The normalized spacial score (nSPS) is 14.8. The van der Waals surface area contributed by atoms with Gasteiger partial charge in [-0.2, -0.15) is 0 Å². The van der Waals surface area contributed by atoms with Gasteiger partial charge in [0.15, 0.2) is 0 Å². The lowest BCUT2D eigenvalue weighted by Crippen LogP contribution is -2.45. The standard InChI is InChI=1S/C43H83N2O6P/c1-6-8-10-12-14-16-18-19-20-21-22-23-24-25-27-29-31-33-35-37-43(47)44-41(40-51-52(48,49)50-39-38-45(3,4)5)42(46)36-34-32-30-28-26-17-15-13-11-9-7-2/h14,16,19-20,34,36,41-42,46H,6-13,15,17-18,21-33,35,37-40H2,1-5H3,(H-,44,47,48,49)/p+1/b16-14-,20-19-,36-34+. The van der Waals surface area contributed by atoms with E-state index in [-0.39, 0.29) is 19.1 Å². The average Bonchev–Trinajstić information content (AvgIpc) is 3.09. The number of aliphatic hydroxyl groups excluding tert-OH is 1. The first-order chi connectivity index (χ1) is 25.0. The summed E-state index contributed by atoms with van der Waals surface area (Å²) in [4.78, 5) is 23.1. The molecule has 0 aliphatic carbocycles. The summed E-state index contributed by atoms with van der Waals surface area (Å²) in [5.74, 6) is -0.184. The molecule has 3 unspecified atom stereocenters. The van der Waals surface area contributed by atoms with Crippen LogP contribution in [0.4, 0.5) is 0 Å². The molecule has 0 aliphatic heterocycles. The van der Waals surface area contributed by atoms with Crippen LogP contribution in [0.3, 0.4) is 0 Å². The van der Waals surface area contributed by atoms with E-state index in [0.29, 0.717) is 17.4 Å². The molecule has 0 radical (unpaired) electrons. The summed E-state index contributed by atoms with van der Waals surface area (Å²) in [5.41, 5.74) is 0. The van der Waals surface area contributed by atoms with Crippen LogP contribution in [0, 0.1) is 0 Å². The number of nitrogens with zero attached hydrogens (tertiary/aromatic N) is 1. The molecule has 3 N–H and O–H groups in total. The van der Waals surface area contributed by atoms with Crippen LogP contribution in [0.25, 0.3) is 0 Å². The molecule has 306 valence electrons. The van der Waals surface area contributed by atoms with Crippen molar-refractivity contribution in [2.24, 2.45) is 0 Å². The summed E-state index contributed by atoms with van der Waals surface area (Å²) >= 11 is 0. The van der Waals surface area contributed by atoms with Gasteiger partial charge >= 0.3 is 7.82 Å². The minimum Gasteiger partial charge on any atom is -0.387 e. The summed E-state index contributed by atoms with van der Waals surface area (Å²) < 4.78 is 23.5. The van der Waals surface area contributed by atoms with E-state index in [1.54, 1.807) is 6.08 Å². The first-order valence-electron chi connectivity index (χ1n) is 21.4. The zero-order valence-electron chi connectivity index (χ0n) is 34.5. The number of hydrogen-bond donors (Lipinski definition) is 3. The number of phosphoric ester groups is 1. The molecule has 0 bridgehead atoms. The highest BCUT2D eigenvalue weighted by molar-refractivity contribution is 7.47. The molecule has 0 heterocycles. The van der Waals surface area contributed by atoms with Crippen molar-refractivity contribution in [3.63, 3.8) is 0 Å². The van der Waals surface area contributed by atoms with E-state index in [1.165, 1.54) is 116 Å². The van der Waals surface area contributed by atoms with Gasteiger partial charge in [-0.3, -0.25) is 13.8 Å². The Bertz CT molecular complexity index is 948. The van der Waals surface area contributed by atoms with Gasteiger partial charge in [0, 0.05) is 6.42 Å².